The SMILES string of the molecule is Cc1ccc(N)cc1CN(C)C(=O)C(Nc1cc(F)c2c(N(C(=O)OC(C)(C)C)C(=O)OC(C)(C)C)nccc2c1)c1ccc(C(C)CO)c(C)c1. The van der Waals surface area contributed by atoms with E-state index in [9.17, 15) is 19.5 Å². The molecule has 3 amide bonds. The maximum Gasteiger partial charge on any atom is 0.425 e. The molecule has 0 aliphatic heterocycles. The first kappa shape index (κ1) is 39.6. The number of nitrogens with two attached hydrogens (primary N) is 1. The van der Waals surface area contributed by atoms with E-state index in [-0.39, 0.29) is 41.9 Å². The molecule has 0 spiro atoms. The number of fused-ring (bicyclic) bond motifs is 1. The lowest BCUT2D eigenvalue weighted by Gasteiger charge is -2.29. The van der Waals surface area contributed by atoms with Crippen LogP contribution in [0.3, 0.4) is 0 Å². The number of aryl methyl sites for hydroxylation is 2. The van der Waals surface area contributed by atoms with Crippen LogP contribution in [0.15, 0.2) is 60.8 Å². The van der Waals surface area contributed by atoms with Gasteiger partial charge in [-0.2, -0.15) is 4.90 Å². The standard InChI is InChI=1S/C40H50FN5O6/c1-23-11-13-29(42)18-28(23)21-45(10)36(48)34(27-12-14-31(24(2)17-27)25(3)22-47)44-30-19-26-15-16-43-35(33(26)32(41)20-30)46(37(49)51-39(4,5)6)38(50)52-40(7,8)9/h11-20,25,34,44,47H,21-22,42H2,1-10H3. The smallest absolute Gasteiger partial charge is 0.425 e. The van der Waals surface area contributed by atoms with Crippen LogP contribution in [0.5, 0.6) is 0 Å². The number of carbonyl (C=O) groups is 3. The molecule has 0 aliphatic carbocycles. The molecular weight excluding hydrogens is 665 g/mol. The third-order valence-corrected chi connectivity index (χ3v) is 8.31. The average Bonchev–Trinajstić information content (AvgIpc) is 3.03. The largest absolute Gasteiger partial charge is 0.443 e. The summed E-state index contributed by atoms with van der Waals surface area (Å²) < 4.78 is 27.4. The Balaban J connectivity index is 1.80. The van der Waals surface area contributed by atoms with Crippen molar-refractivity contribution in [1.29, 1.82) is 0 Å². The molecule has 2 atom stereocenters. The van der Waals surface area contributed by atoms with Crippen molar-refractivity contribution in [3.05, 3.63) is 94.4 Å². The summed E-state index contributed by atoms with van der Waals surface area (Å²) in [5.41, 5.74) is 9.25. The lowest BCUT2D eigenvalue weighted by atomic mass is 9.93. The summed E-state index contributed by atoms with van der Waals surface area (Å²) >= 11 is 0. The number of benzene rings is 3. The normalized spacial score (nSPS) is 12.9. The molecule has 52 heavy (non-hydrogen) atoms. The number of anilines is 3. The number of pyridine rings is 1. The van der Waals surface area contributed by atoms with E-state index in [0.29, 0.717) is 21.5 Å². The van der Waals surface area contributed by atoms with Gasteiger partial charge in [-0.25, -0.2) is 19.0 Å². The molecule has 0 saturated heterocycles. The molecule has 0 saturated carbocycles. The van der Waals surface area contributed by atoms with Crippen molar-refractivity contribution >= 4 is 46.1 Å². The van der Waals surface area contributed by atoms with Crippen LogP contribution in [-0.4, -0.2) is 57.9 Å². The second kappa shape index (κ2) is 15.6. The number of nitrogens with zero attached hydrogens (tertiary/aromatic N) is 3. The van der Waals surface area contributed by atoms with Crippen LogP contribution < -0.4 is 16.0 Å². The molecule has 0 radical (unpaired) electrons. The molecule has 2 unspecified atom stereocenters. The third kappa shape index (κ3) is 9.55. The quantitative estimate of drug-likeness (QED) is 0.146. The van der Waals surface area contributed by atoms with Gasteiger partial charge >= 0.3 is 12.2 Å². The number of amides is 3. The zero-order valence-corrected chi connectivity index (χ0v) is 31.6. The number of likely N-dealkylation sites (N-methyl/N-ethyl adjacent to an activating group) is 1. The van der Waals surface area contributed by atoms with Crippen LogP contribution in [0.25, 0.3) is 10.8 Å². The van der Waals surface area contributed by atoms with Crippen LogP contribution in [-0.2, 0) is 20.8 Å². The van der Waals surface area contributed by atoms with Gasteiger partial charge in [0.25, 0.3) is 0 Å². The molecule has 11 nitrogen and oxygen atoms in total. The predicted octanol–water partition coefficient (Wildman–Crippen LogP) is 8.16. The first-order chi connectivity index (χ1) is 24.2. The topological polar surface area (TPSA) is 147 Å². The molecule has 0 aliphatic rings. The fraction of sp³-hybridized carbons (Fsp3) is 0.400. The zero-order valence-electron chi connectivity index (χ0n) is 31.6. The van der Waals surface area contributed by atoms with Crippen molar-refractivity contribution in [1.82, 2.24) is 9.88 Å². The van der Waals surface area contributed by atoms with Crippen molar-refractivity contribution < 1.29 is 33.4 Å². The van der Waals surface area contributed by atoms with E-state index < -0.39 is 35.2 Å². The van der Waals surface area contributed by atoms with Crippen molar-refractivity contribution in [2.75, 3.05) is 29.6 Å². The summed E-state index contributed by atoms with van der Waals surface area (Å²) in [6.07, 6.45) is -0.819. The number of halogens is 1. The Bertz CT molecular complexity index is 1940. The van der Waals surface area contributed by atoms with Crippen LogP contribution in [0.1, 0.15) is 88.2 Å². The maximum absolute atomic E-state index is 16.4. The van der Waals surface area contributed by atoms with Gasteiger partial charge in [0.1, 0.15) is 23.1 Å². The number of nitrogen functional groups attached to an aromatic ring is 1. The van der Waals surface area contributed by atoms with E-state index in [1.54, 1.807) is 65.6 Å². The number of imide groups is 1. The number of aromatic nitrogens is 1. The van der Waals surface area contributed by atoms with Gasteiger partial charge in [0.05, 0.1) is 5.39 Å². The summed E-state index contributed by atoms with van der Waals surface area (Å²) in [5.74, 6) is -1.51. The van der Waals surface area contributed by atoms with E-state index in [4.69, 9.17) is 15.2 Å². The minimum Gasteiger partial charge on any atom is -0.443 e. The van der Waals surface area contributed by atoms with Gasteiger partial charge in [-0.05, 0) is 119 Å². The Morgan fingerprint density at radius 3 is 2.13 bits per heavy atom. The highest BCUT2D eigenvalue weighted by Crippen LogP contribution is 2.34. The number of nitrogens with one attached hydrogen (secondary N) is 1. The van der Waals surface area contributed by atoms with Gasteiger partial charge in [0.15, 0.2) is 5.82 Å². The first-order valence-electron chi connectivity index (χ1n) is 17.1. The molecule has 4 rings (SSSR count). The Kier molecular flexibility index (Phi) is 11.8. The Morgan fingerprint density at radius 2 is 1.56 bits per heavy atom. The number of rotatable bonds is 9. The molecule has 4 aromatic rings. The maximum atomic E-state index is 16.4. The zero-order chi connectivity index (χ0) is 38.7. The molecule has 12 heteroatoms. The van der Waals surface area contributed by atoms with Gasteiger partial charge in [0, 0.05) is 43.7 Å². The van der Waals surface area contributed by atoms with Gasteiger partial charge in [0.2, 0.25) is 5.91 Å². The van der Waals surface area contributed by atoms with Gasteiger partial charge in [-0.15, -0.1) is 0 Å². The van der Waals surface area contributed by atoms with E-state index in [1.165, 1.54) is 18.3 Å². The highest BCUT2D eigenvalue weighted by atomic mass is 19.1. The van der Waals surface area contributed by atoms with Gasteiger partial charge < -0.3 is 30.5 Å². The Labute approximate surface area is 304 Å². The van der Waals surface area contributed by atoms with Crippen molar-refractivity contribution in [2.45, 2.75) is 92.0 Å². The molecule has 0 bridgehead atoms. The molecule has 278 valence electrons. The van der Waals surface area contributed by atoms with Crippen LogP contribution in [0.2, 0.25) is 0 Å². The molecular formula is C40H50FN5O6. The molecule has 1 aromatic heterocycles. The fourth-order valence-corrected chi connectivity index (χ4v) is 5.76. The van der Waals surface area contributed by atoms with E-state index >= 15 is 4.39 Å². The number of carbonyl (C=O) groups excluding carboxylic acids is 3. The predicted molar refractivity (Wildman–Crippen MR) is 202 cm³/mol. The summed E-state index contributed by atoms with van der Waals surface area (Å²) in [4.78, 5) is 47.5. The van der Waals surface area contributed by atoms with Crippen molar-refractivity contribution in [3.63, 3.8) is 0 Å². The molecule has 0 fully saturated rings. The molecule has 4 N–H and O–H groups in total. The fourth-order valence-electron chi connectivity index (χ4n) is 5.76. The van der Waals surface area contributed by atoms with Crippen LogP contribution in [0, 0.1) is 19.7 Å². The Morgan fingerprint density at radius 1 is 0.923 bits per heavy atom. The number of ether oxygens (including phenoxy) is 2. The van der Waals surface area contributed by atoms with Crippen LogP contribution in [0.4, 0.5) is 31.2 Å². The van der Waals surface area contributed by atoms with Gasteiger partial charge in [-0.3, -0.25) is 4.79 Å². The van der Waals surface area contributed by atoms with E-state index in [0.717, 1.165) is 22.3 Å². The minimum atomic E-state index is -1.08. The second-order valence-electron chi connectivity index (χ2n) is 15.1. The number of hydrogen-bond acceptors (Lipinski definition) is 9. The summed E-state index contributed by atoms with van der Waals surface area (Å²) in [6.45, 7) is 15.9. The summed E-state index contributed by atoms with van der Waals surface area (Å²) in [7, 11) is 1.69. The summed E-state index contributed by atoms with van der Waals surface area (Å²) in [5, 5.41) is 13.2. The van der Waals surface area contributed by atoms with Crippen molar-refractivity contribution in [2.24, 2.45) is 0 Å². The number of aliphatic hydroxyl groups is 1. The first-order valence-corrected chi connectivity index (χ1v) is 17.1. The highest BCUT2D eigenvalue weighted by Gasteiger charge is 2.35. The van der Waals surface area contributed by atoms with Crippen LogP contribution >= 0.6 is 0 Å². The monoisotopic (exact) mass is 715 g/mol. The lowest BCUT2D eigenvalue weighted by molar-refractivity contribution is -0.131. The summed E-state index contributed by atoms with van der Waals surface area (Å²) in [6, 6.07) is 14.5. The number of aliphatic hydroxyl groups excluding tert-OH is 1. The molecule has 3 aromatic carbocycles. The third-order valence-electron chi connectivity index (χ3n) is 8.31. The highest BCUT2D eigenvalue weighted by molar-refractivity contribution is 6.14. The minimum absolute atomic E-state index is 0.0322. The molecule has 1 heterocycles. The Hall–Kier alpha value is -5.23. The van der Waals surface area contributed by atoms with Gasteiger partial charge in [-0.1, -0.05) is 31.2 Å². The van der Waals surface area contributed by atoms with Crippen molar-refractivity contribution in [3.8, 4) is 0 Å². The number of hydrogen-bond donors (Lipinski definition) is 3. The average molecular weight is 716 g/mol. The lowest BCUT2D eigenvalue weighted by Crippen LogP contribution is -2.44. The van der Waals surface area contributed by atoms with E-state index in [2.05, 4.69) is 10.3 Å². The van der Waals surface area contributed by atoms with E-state index in [1.807, 2.05) is 51.1 Å². The second-order valence-corrected chi connectivity index (χ2v) is 15.1.